The van der Waals surface area contributed by atoms with E-state index in [1.807, 2.05) is 19.2 Å². The standard InChI is InChI=1S/C11H19N3OS.ClH/c1-6(2)9-5-16-11(13-9)14-10(15)7(3)8(4)12;/h5-8H,12H2,1-4H3,(H,13,14,15);1H. The third-order valence-corrected chi connectivity index (χ3v) is 3.32. The number of hydrogen-bond acceptors (Lipinski definition) is 4. The van der Waals surface area contributed by atoms with E-state index >= 15 is 0 Å². The molecular formula is C11H20ClN3OS. The van der Waals surface area contributed by atoms with Crippen LogP contribution in [0.3, 0.4) is 0 Å². The summed E-state index contributed by atoms with van der Waals surface area (Å²) >= 11 is 1.45. The smallest absolute Gasteiger partial charge is 0.230 e. The minimum absolute atomic E-state index is 0. The Morgan fingerprint density at radius 1 is 1.41 bits per heavy atom. The minimum Gasteiger partial charge on any atom is -0.327 e. The largest absolute Gasteiger partial charge is 0.327 e. The molecule has 17 heavy (non-hydrogen) atoms. The summed E-state index contributed by atoms with van der Waals surface area (Å²) in [6.07, 6.45) is 0. The maximum Gasteiger partial charge on any atom is 0.230 e. The lowest BCUT2D eigenvalue weighted by molar-refractivity contribution is -0.119. The van der Waals surface area contributed by atoms with Crippen LogP contribution in [0.25, 0.3) is 0 Å². The number of halogens is 1. The molecule has 0 saturated carbocycles. The molecule has 0 aliphatic rings. The van der Waals surface area contributed by atoms with Crippen molar-refractivity contribution in [2.45, 2.75) is 39.7 Å². The molecule has 0 aromatic carbocycles. The molecule has 0 saturated heterocycles. The molecule has 2 atom stereocenters. The minimum atomic E-state index is -0.202. The second-order valence-corrected chi connectivity index (χ2v) is 5.23. The summed E-state index contributed by atoms with van der Waals surface area (Å²) in [4.78, 5) is 16.0. The van der Waals surface area contributed by atoms with Gasteiger partial charge < -0.3 is 11.1 Å². The zero-order chi connectivity index (χ0) is 12.3. The van der Waals surface area contributed by atoms with E-state index < -0.39 is 0 Å². The first-order valence-electron chi connectivity index (χ1n) is 5.43. The Balaban J connectivity index is 0.00000256. The molecule has 6 heteroatoms. The predicted octanol–water partition coefficient (Wildman–Crippen LogP) is 2.61. The van der Waals surface area contributed by atoms with Gasteiger partial charge >= 0.3 is 0 Å². The lowest BCUT2D eigenvalue weighted by Gasteiger charge is -2.13. The predicted molar refractivity (Wildman–Crippen MR) is 74.9 cm³/mol. The van der Waals surface area contributed by atoms with Crippen molar-refractivity contribution in [2.24, 2.45) is 11.7 Å². The van der Waals surface area contributed by atoms with Gasteiger partial charge in [0.2, 0.25) is 5.91 Å². The van der Waals surface area contributed by atoms with Gasteiger partial charge in [-0.25, -0.2) is 4.98 Å². The van der Waals surface area contributed by atoms with Gasteiger partial charge in [-0.2, -0.15) is 0 Å². The van der Waals surface area contributed by atoms with Crippen molar-refractivity contribution in [2.75, 3.05) is 5.32 Å². The molecule has 0 radical (unpaired) electrons. The highest BCUT2D eigenvalue weighted by atomic mass is 35.5. The Kier molecular flexibility index (Phi) is 6.67. The number of rotatable bonds is 4. The second kappa shape index (κ2) is 6.93. The van der Waals surface area contributed by atoms with Gasteiger partial charge in [0, 0.05) is 11.4 Å². The van der Waals surface area contributed by atoms with Crippen LogP contribution in [-0.2, 0) is 4.79 Å². The van der Waals surface area contributed by atoms with Gasteiger partial charge in [0.1, 0.15) is 0 Å². The molecule has 4 nitrogen and oxygen atoms in total. The summed E-state index contributed by atoms with van der Waals surface area (Å²) in [5.41, 5.74) is 6.67. The monoisotopic (exact) mass is 277 g/mol. The van der Waals surface area contributed by atoms with E-state index in [2.05, 4.69) is 24.1 Å². The molecule has 1 aromatic heterocycles. The van der Waals surface area contributed by atoms with Gasteiger partial charge in [0.15, 0.2) is 5.13 Å². The fourth-order valence-corrected chi connectivity index (χ4v) is 1.94. The van der Waals surface area contributed by atoms with Crippen molar-refractivity contribution in [1.82, 2.24) is 4.98 Å². The van der Waals surface area contributed by atoms with Gasteiger partial charge in [0.25, 0.3) is 0 Å². The van der Waals surface area contributed by atoms with Crippen LogP contribution in [0.1, 0.15) is 39.3 Å². The Morgan fingerprint density at radius 2 is 2.00 bits per heavy atom. The zero-order valence-corrected chi connectivity index (χ0v) is 12.2. The number of nitrogens with one attached hydrogen (secondary N) is 1. The molecule has 3 N–H and O–H groups in total. The van der Waals surface area contributed by atoms with Crippen LogP contribution in [0, 0.1) is 5.92 Å². The summed E-state index contributed by atoms with van der Waals surface area (Å²) < 4.78 is 0. The summed E-state index contributed by atoms with van der Waals surface area (Å²) in [7, 11) is 0. The quantitative estimate of drug-likeness (QED) is 0.889. The van der Waals surface area contributed by atoms with E-state index in [1.165, 1.54) is 11.3 Å². The Morgan fingerprint density at radius 3 is 2.41 bits per heavy atom. The van der Waals surface area contributed by atoms with E-state index in [1.54, 1.807) is 0 Å². The van der Waals surface area contributed by atoms with Crippen LogP contribution in [0.4, 0.5) is 5.13 Å². The van der Waals surface area contributed by atoms with Crippen molar-refractivity contribution in [3.8, 4) is 0 Å². The third kappa shape index (κ3) is 4.61. The van der Waals surface area contributed by atoms with E-state index in [0.29, 0.717) is 11.0 Å². The van der Waals surface area contributed by atoms with Crippen molar-refractivity contribution in [1.29, 1.82) is 0 Å². The van der Waals surface area contributed by atoms with E-state index in [9.17, 15) is 4.79 Å². The summed E-state index contributed by atoms with van der Waals surface area (Å²) in [5, 5.41) is 5.41. The highest BCUT2D eigenvalue weighted by Crippen LogP contribution is 2.21. The molecule has 2 unspecified atom stereocenters. The lowest BCUT2D eigenvalue weighted by Crippen LogP contribution is -2.34. The number of carbonyl (C=O) groups excluding carboxylic acids is 1. The first-order chi connectivity index (χ1) is 7.41. The molecule has 0 bridgehead atoms. The SMILES string of the molecule is CC(C)c1csc(NC(=O)C(C)C(C)N)n1.Cl. The molecular weight excluding hydrogens is 258 g/mol. The van der Waals surface area contributed by atoms with Crippen LogP contribution in [0.15, 0.2) is 5.38 Å². The van der Waals surface area contributed by atoms with Gasteiger partial charge in [-0.3, -0.25) is 4.79 Å². The summed E-state index contributed by atoms with van der Waals surface area (Å²) in [6.45, 7) is 7.79. The van der Waals surface area contributed by atoms with Crippen LogP contribution in [0.2, 0.25) is 0 Å². The number of nitrogens with zero attached hydrogens (tertiary/aromatic N) is 1. The molecule has 0 fully saturated rings. The fraction of sp³-hybridized carbons (Fsp3) is 0.636. The average molecular weight is 278 g/mol. The van der Waals surface area contributed by atoms with Gasteiger partial charge in [-0.1, -0.05) is 20.8 Å². The van der Waals surface area contributed by atoms with E-state index in [-0.39, 0.29) is 30.3 Å². The first kappa shape index (κ1) is 16.4. The second-order valence-electron chi connectivity index (χ2n) is 4.37. The van der Waals surface area contributed by atoms with Crippen LogP contribution in [-0.4, -0.2) is 16.9 Å². The number of anilines is 1. The van der Waals surface area contributed by atoms with Crippen molar-refractivity contribution in [3.63, 3.8) is 0 Å². The Bertz CT molecular complexity index is 365. The molecule has 0 aliphatic carbocycles. The normalized spacial score (nSPS) is 14.0. The van der Waals surface area contributed by atoms with Gasteiger partial charge in [0.05, 0.1) is 11.6 Å². The number of nitrogens with two attached hydrogens (primary N) is 1. The highest BCUT2D eigenvalue weighted by Gasteiger charge is 2.18. The number of carbonyl (C=O) groups is 1. The van der Waals surface area contributed by atoms with Crippen molar-refractivity contribution >= 4 is 34.8 Å². The molecule has 1 amide bonds. The molecule has 1 aromatic rings. The lowest BCUT2D eigenvalue weighted by atomic mass is 10.0. The zero-order valence-electron chi connectivity index (χ0n) is 10.6. The summed E-state index contributed by atoms with van der Waals surface area (Å²) in [5.74, 6) is 0.110. The number of aromatic nitrogens is 1. The van der Waals surface area contributed by atoms with E-state index in [4.69, 9.17) is 5.73 Å². The average Bonchev–Trinajstić information content (AvgIpc) is 2.64. The molecule has 0 aliphatic heterocycles. The molecule has 1 heterocycles. The Hall–Kier alpha value is -0.650. The number of thiazole rings is 1. The summed E-state index contributed by atoms with van der Waals surface area (Å²) in [6, 6.07) is -0.149. The molecule has 0 spiro atoms. The van der Waals surface area contributed by atoms with Crippen LogP contribution < -0.4 is 11.1 Å². The van der Waals surface area contributed by atoms with E-state index in [0.717, 1.165) is 5.69 Å². The first-order valence-corrected chi connectivity index (χ1v) is 6.31. The van der Waals surface area contributed by atoms with Crippen molar-refractivity contribution in [3.05, 3.63) is 11.1 Å². The number of hydrogen-bond donors (Lipinski definition) is 2. The van der Waals surface area contributed by atoms with Crippen molar-refractivity contribution < 1.29 is 4.79 Å². The number of amides is 1. The molecule has 98 valence electrons. The van der Waals surface area contributed by atoms with Crippen LogP contribution >= 0.6 is 23.7 Å². The maximum absolute atomic E-state index is 11.7. The third-order valence-electron chi connectivity index (χ3n) is 2.55. The van der Waals surface area contributed by atoms with Crippen LogP contribution in [0.5, 0.6) is 0 Å². The highest BCUT2D eigenvalue weighted by molar-refractivity contribution is 7.13. The molecule has 1 rings (SSSR count). The Labute approximate surface area is 112 Å². The maximum atomic E-state index is 11.7. The van der Waals surface area contributed by atoms with Gasteiger partial charge in [-0.05, 0) is 12.8 Å². The topological polar surface area (TPSA) is 68.0 Å². The van der Waals surface area contributed by atoms with Gasteiger partial charge in [-0.15, -0.1) is 23.7 Å². The fourth-order valence-electron chi connectivity index (χ4n) is 1.07.